The van der Waals surface area contributed by atoms with Crippen molar-refractivity contribution in [2.75, 3.05) is 6.61 Å². The van der Waals surface area contributed by atoms with Crippen molar-refractivity contribution in [3.8, 4) is 0 Å². The summed E-state index contributed by atoms with van der Waals surface area (Å²) in [7, 11) is 0. The van der Waals surface area contributed by atoms with Crippen LogP contribution in [0.2, 0.25) is 0 Å². The summed E-state index contributed by atoms with van der Waals surface area (Å²) in [6, 6.07) is 8.65. The van der Waals surface area contributed by atoms with Gasteiger partial charge in [0.25, 0.3) is 0 Å². The van der Waals surface area contributed by atoms with Crippen LogP contribution in [0.1, 0.15) is 24.2 Å². The molecule has 0 saturated carbocycles. The predicted molar refractivity (Wildman–Crippen MR) is 71.4 cm³/mol. The van der Waals surface area contributed by atoms with Crippen LogP contribution in [0.3, 0.4) is 0 Å². The Hall–Kier alpha value is -1.47. The Morgan fingerprint density at radius 1 is 1.24 bits per heavy atom. The average Bonchev–Trinajstić information content (AvgIpc) is 2.94. The molecule has 6 heteroatoms. The average molecular weight is 294 g/mol. The molecule has 0 radical (unpaired) electrons. The number of aliphatic hydroxyl groups excluding tert-OH is 1. The Kier molecular flexibility index (Phi) is 3.71. The Labute approximate surface area is 122 Å². The molecule has 1 N–H and O–H groups in total. The lowest BCUT2D eigenvalue weighted by atomic mass is 10.1. The third-order valence-electron chi connectivity index (χ3n) is 3.52. The molecule has 3 rings (SSSR count). The fourth-order valence-corrected chi connectivity index (χ4v) is 2.63. The van der Waals surface area contributed by atoms with Crippen LogP contribution in [-0.4, -0.2) is 48.1 Å². The quantitative estimate of drug-likeness (QED) is 0.841. The lowest BCUT2D eigenvalue weighted by molar-refractivity contribution is -0.223. The van der Waals surface area contributed by atoms with E-state index in [-0.39, 0.29) is 6.61 Å². The van der Waals surface area contributed by atoms with Crippen molar-refractivity contribution in [2.45, 2.75) is 44.2 Å². The Bertz CT molecular complexity index is 514. The molecule has 0 aromatic heterocycles. The summed E-state index contributed by atoms with van der Waals surface area (Å²) in [5, 5.41) is 9.35. The standard InChI is InChI=1S/C15H18O6/c1-15(2)20-11-10(8-16)18-14(12(11)21-15)19-13(17)9-6-4-3-5-7-9/h3-7,10-12,14,16H,8H2,1-2H3/t10-,11+,12+,14?/m1/s1. The normalized spacial score (nSPS) is 33.7. The summed E-state index contributed by atoms with van der Waals surface area (Å²) in [4.78, 5) is 12.1. The molecule has 114 valence electrons. The van der Waals surface area contributed by atoms with Gasteiger partial charge in [-0.1, -0.05) is 18.2 Å². The molecule has 21 heavy (non-hydrogen) atoms. The van der Waals surface area contributed by atoms with Crippen molar-refractivity contribution < 1.29 is 28.8 Å². The van der Waals surface area contributed by atoms with Gasteiger partial charge in [-0.15, -0.1) is 0 Å². The molecule has 0 bridgehead atoms. The number of hydrogen-bond donors (Lipinski definition) is 1. The number of aliphatic hydroxyl groups is 1. The monoisotopic (exact) mass is 294 g/mol. The minimum Gasteiger partial charge on any atom is -0.429 e. The van der Waals surface area contributed by atoms with Crippen LogP contribution < -0.4 is 0 Å². The van der Waals surface area contributed by atoms with E-state index in [2.05, 4.69) is 0 Å². The van der Waals surface area contributed by atoms with Gasteiger partial charge in [-0.05, 0) is 26.0 Å². The van der Waals surface area contributed by atoms with E-state index < -0.39 is 36.4 Å². The summed E-state index contributed by atoms with van der Waals surface area (Å²) in [6.07, 6.45) is -2.43. The fraction of sp³-hybridized carbons (Fsp3) is 0.533. The van der Waals surface area contributed by atoms with Crippen LogP contribution in [-0.2, 0) is 18.9 Å². The molecule has 2 fully saturated rings. The first kappa shape index (κ1) is 14.5. The summed E-state index contributed by atoms with van der Waals surface area (Å²) < 4.78 is 22.3. The molecule has 0 spiro atoms. The number of fused-ring (bicyclic) bond motifs is 1. The molecule has 1 unspecified atom stereocenters. The van der Waals surface area contributed by atoms with Crippen LogP contribution in [0.25, 0.3) is 0 Å². The van der Waals surface area contributed by atoms with Crippen LogP contribution in [0.5, 0.6) is 0 Å². The smallest absolute Gasteiger partial charge is 0.340 e. The number of benzene rings is 1. The molecule has 4 atom stereocenters. The van der Waals surface area contributed by atoms with E-state index in [0.29, 0.717) is 5.56 Å². The number of ether oxygens (including phenoxy) is 4. The van der Waals surface area contributed by atoms with Crippen LogP contribution in [0, 0.1) is 0 Å². The van der Waals surface area contributed by atoms with Gasteiger partial charge >= 0.3 is 5.97 Å². The third-order valence-corrected chi connectivity index (χ3v) is 3.52. The molecule has 2 aliphatic rings. The van der Waals surface area contributed by atoms with Gasteiger partial charge in [0.2, 0.25) is 6.29 Å². The fourth-order valence-electron chi connectivity index (χ4n) is 2.63. The van der Waals surface area contributed by atoms with Crippen molar-refractivity contribution in [1.29, 1.82) is 0 Å². The summed E-state index contributed by atoms with van der Waals surface area (Å²) >= 11 is 0. The van der Waals surface area contributed by atoms with E-state index in [1.165, 1.54) is 0 Å². The van der Waals surface area contributed by atoms with Crippen molar-refractivity contribution >= 4 is 5.97 Å². The highest BCUT2D eigenvalue weighted by Gasteiger charge is 2.56. The molecule has 0 aliphatic carbocycles. The molecule has 1 aromatic carbocycles. The topological polar surface area (TPSA) is 74.2 Å². The summed E-state index contributed by atoms with van der Waals surface area (Å²) in [6.45, 7) is 3.33. The molecular weight excluding hydrogens is 276 g/mol. The maximum absolute atomic E-state index is 12.1. The highest BCUT2D eigenvalue weighted by atomic mass is 16.8. The molecule has 1 aromatic rings. The van der Waals surface area contributed by atoms with Gasteiger partial charge in [-0.3, -0.25) is 0 Å². The number of rotatable bonds is 3. The van der Waals surface area contributed by atoms with Crippen LogP contribution in [0.4, 0.5) is 0 Å². The van der Waals surface area contributed by atoms with Gasteiger partial charge in [-0.2, -0.15) is 0 Å². The SMILES string of the molecule is CC1(C)O[C@@H]2[C@H](O1)C(OC(=O)c1ccccc1)O[C@@H]2CO. The zero-order valence-corrected chi connectivity index (χ0v) is 11.9. The van der Waals surface area contributed by atoms with Gasteiger partial charge in [-0.25, -0.2) is 4.79 Å². The van der Waals surface area contributed by atoms with Crippen molar-refractivity contribution in [3.63, 3.8) is 0 Å². The molecule has 2 aliphatic heterocycles. The number of esters is 1. The zero-order valence-electron chi connectivity index (χ0n) is 11.9. The van der Waals surface area contributed by atoms with E-state index in [1.807, 2.05) is 6.07 Å². The van der Waals surface area contributed by atoms with Crippen LogP contribution in [0.15, 0.2) is 30.3 Å². The molecule has 6 nitrogen and oxygen atoms in total. The molecule has 2 saturated heterocycles. The maximum Gasteiger partial charge on any atom is 0.340 e. The maximum atomic E-state index is 12.1. The van der Waals surface area contributed by atoms with E-state index in [4.69, 9.17) is 18.9 Å². The highest BCUT2D eigenvalue weighted by Crippen LogP contribution is 2.39. The Morgan fingerprint density at radius 3 is 2.57 bits per heavy atom. The second-order valence-electron chi connectivity index (χ2n) is 5.56. The van der Waals surface area contributed by atoms with E-state index in [9.17, 15) is 9.90 Å². The predicted octanol–water partition coefficient (Wildman–Crippen LogP) is 1.08. The molecular formula is C15H18O6. The Morgan fingerprint density at radius 2 is 1.90 bits per heavy atom. The molecule has 0 amide bonds. The van der Waals surface area contributed by atoms with Crippen molar-refractivity contribution in [1.82, 2.24) is 0 Å². The Balaban J connectivity index is 1.72. The first-order valence-electron chi connectivity index (χ1n) is 6.88. The zero-order chi connectivity index (χ0) is 15.0. The highest BCUT2D eigenvalue weighted by molar-refractivity contribution is 5.89. The summed E-state index contributed by atoms with van der Waals surface area (Å²) in [5.41, 5.74) is 0.434. The minimum atomic E-state index is -0.887. The van der Waals surface area contributed by atoms with Gasteiger partial charge in [0.05, 0.1) is 12.2 Å². The van der Waals surface area contributed by atoms with Gasteiger partial charge in [0, 0.05) is 0 Å². The largest absolute Gasteiger partial charge is 0.429 e. The van der Waals surface area contributed by atoms with Crippen LogP contribution >= 0.6 is 0 Å². The second-order valence-corrected chi connectivity index (χ2v) is 5.56. The van der Waals surface area contributed by atoms with Crippen molar-refractivity contribution in [2.24, 2.45) is 0 Å². The number of carbonyl (C=O) groups is 1. The first-order chi connectivity index (χ1) is 10.00. The van der Waals surface area contributed by atoms with Gasteiger partial charge < -0.3 is 24.1 Å². The summed E-state index contributed by atoms with van der Waals surface area (Å²) in [5.74, 6) is -1.28. The van der Waals surface area contributed by atoms with E-state index >= 15 is 0 Å². The number of carbonyl (C=O) groups excluding carboxylic acids is 1. The second kappa shape index (κ2) is 5.38. The van der Waals surface area contributed by atoms with Crippen molar-refractivity contribution in [3.05, 3.63) is 35.9 Å². The number of hydrogen-bond acceptors (Lipinski definition) is 6. The lowest BCUT2D eigenvalue weighted by Crippen LogP contribution is -2.33. The van der Waals surface area contributed by atoms with E-state index in [1.54, 1.807) is 38.1 Å². The van der Waals surface area contributed by atoms with Gasteiger partial charge in [0.1, 0.15) is 12.2 Å². The van der Waals surface area contributed by atoms with E-state index in [0.717, 1.165) is 0 Å². The lowest BCUT2D eigenvalue weighted by Gasteiger charge is -2.23. The minimum absolute atomic E-state index is 0.222. The molecule has 2 heterocycles. The van der Waals surface area contributed by atoms with Gasteiger partial charge in [0.15, 0.2) is 11.9 Å². The first-order valence-corrected chi connectivity index (χ1v) is 6.88. The third kappa shape index (κ3) is 2.80.